The van der Waals surface area contributed by atoms with E-state index in [-0.39, 0.29) is 0 Å². The minimum atomic E-state index is 0.614. The number of nitrogens with zero attached hydrogens (tertiary/aromatic N) is 1. The van der Waals surface area contributed by atoms with Gasteiger partial charge in [0.2, 0.25) is 0 Å². The number of rotatable bonds is 9. The van der Waals surface area contributed by atoms with Gasteiger partial charge in [-0.05, 0) is 38.4 Å². The lowest BCUT2D eigenvalue weighted by Gasteiger charge is -2.28. The summed E-state index contributed by atoms with van der Waals surface area (Å²) in [5.74, 6) is 0.794. The third-order valence-electron chi connectivity index (χ3n) is 3.57. The SMILES string of the molecule is CCCCN(CCOc1ccccc1N)C(C)CC. The largest absolute Gasteiger partial charge is 0.490 e. The smallest absolute Gasteiger partial charge is 0.142 e. The van der Waals surface area contributed by atoms with Crippen LogP contribution in [0.15, 0.2) is 24.3 Å². The average molecular weight is 264 g/mol. The Labute approximate surface area is 117 Å². The van der Waals surface area contributed by atoms with E-state index < -0.39 is 0 Å². The van der Waals surface area contributed by atoms with Crippen LogP contribution in [0.5, 0.6) is 5.75 Å². The summed E-state index contributed by atoms with van der Waals surface area (Å²) in [4.78, 5) is 2.50. The van der Waals surface area contributed by atoms with E-state index >= 15 is 0 Å². The number of nitrogens with two attached hydrogens (primary N) is 1. The zero-order valence-electron chi connectivity index (χ0n) is 12.6. The third-order valence-corrected chi connectivity index (χ3v) is 3.57. The van der Waals surface area contributed by atoms with Crippen molar-refractivity contribution in [1.82, 2.24) is 4.90 Å². The van der Waals surface area contributed by atoms with Crippen LogP contribution in [-0.4, -0.2) is 30.6 Å². The minimum Gasteiger partial charge on any atom is -0.490 e. The summed E-state index contributed by atoms with van der Waals surface area (Å²) in [6, 6.07) is 8.29. The first-order valence-electron chi connectivity index (χ1n) is 7.40. The van der Waals surface area contributed by atoms with Crippen LogP contribution in [0, 0.1) is 0 Å². The fourth-order valence-corrected chi connectivity index (χ4v) is 2.06. The van der Waals surface area contributed by atoms with Gasteiger partial charge in [-0.15, -0.1) is 0 Å². The molecule has 0 amide bonds. The maximum Gasteiger partial charge on any atom is 0.142 e. The molecule has 1 rings (SSSR count). The van der Waals surface area contributed by atoms with Crippen LogP contribution < -0.4 is 10.5 Å². The van der Waals surface area contributed by atoms with Gasteiger partial charge < -0.3 is 10.5 Å². The summed E-state index contributed by atoms with van der Waals surface area (Å²) in [6.45, 7) is 9.56. The highest BCUT2D eigenvalue weighted by molar-refractivity contribution is 5.51. The zero-order chi connectivity index (χ0) is 14.1. The standard InChI is InChI=1S/C16H28N2O/c1-4-6-11-18(14(3)5-2)12-13-19-16-10-8-7-9-15(16)17/h7-10,14H,4-6,11-13,17H2,1-3H3. The summed E-state index contributed by atoms with van der Waals surface area (Å²) in [5, 5.41) is 0. The van der Waals surface area contributed by atoms with E-state index in [0.717, 1.165) is 18.8 Å². The first-order valence-corrected chi connectivity index (χ1v) is 7.40. The number of hydrogen-bond donors (Lipinski definition) is 1. The van der Waals surface area contributed by atoms with Gasteiger partial charge in [0.25, 0.3) is 0 Å². The van der Waals surface area contributed by atoms with Crippen molar-refractivity contribution in [3.8, 4) is 5.75 Å². The maximum absolute atomic E-state index is 5.87. The predicted octanol–water partition coefficient (Wildman–Crippen LogP) is 3.55. The van der Waals surface area contributed by atoms with Crippen molar-refractivity contribution in [2.24, 2.45) is 0 Å². The van der Waals surface area contributed by atoms with Gasteiger partial charge in [0.05, 0.1) is 5.69 Å². The molecule has 0 fully saturated rings. The number of hydrogen-bond acceptors (Lipinski definition) is 3. The molecule has 108 valence electrons. The van der Waals surface area contributed by atoms with E-state index in [0.29, 0.717) is 18.3 Å². The molecule has 3 heteroatoms. The van der Waals surface area contributed by atoms with E-state index in [1.54, 1.807) is 0 Å². The minimum absolute atomic E-state index is 0.614. The summed E-state index contributed by atoms with van der Waals surface area (Å²) >= 11 is 0. The Bertz CT molecular complexity index is 354. The van der Waals surface area contributed by atoms with Crippen molar-refractivity contribution in [1.29, 1.82) is 0 Å². The molecule has 0 radical (unpaired) electrons. The van der Waals surface area contributed by atoms with E-state index in [1.165, 1.54) is 19.3 Å². The molecule has 1 aromatic rings. The van der Waals surface area contributed by atoms with Crippen molar-refractivity contribution < 1.29 is 4.74 Å². The maximum atomic E-state index is 5.87. The highest BCUT2D eigenvalue weighted by atomic mass is 16.5. The molecule has 1 atom stereocenters. The van der Waals surface area contributed by atoms with Gasteiger partial charge in [0, 0.05) is 12.6 Å². The predicted molar refractivity (Wildman–Crippen MR) is 82.6 cm³/mol. The van der Waals surface area contributed by atoms with E-state index in [9.17, 15) is 0 Å². The Kier molecular flexibility index (Phi) is 7.34. The highest BCUT2D eigenvalue weighted by Crippen LogP contribution is 2.19. The molecule has 0 aliphatic carbocycles. The normalized spacial score (nSPS) is 12.6. The highest BCUT2D eigenvalue weighted by Gasteiger charge is 2.11. The molecule has 1 unspecified atom stereocenters. The van der Waals surface area contributed by atoms with Gasteiger partial charge in [-0.3, -0.25) is 4.90 Å². The number of benzene rings is 1. The number of anilines is 1. The van der Waals surface area contributed by atoms with Gasteiger partial charge in [-0.2, -0.15) is 0 Å². The summed E-state index contributed by atoms with van der Waals surface area (Å²) in [7, 11) is 0. The lowest BCUT2D eigenvalue weighted by molar-refractivity contribution is 0.162. The fourth-order valence-electron chi connectivity index (χ4n) is 2.06. The molecule has 0 saturated heterocycles. The summed E-state index contributed by atoms with van der Waals surface area (Å²) < 4.78 is 5.78. The van der Waals surface area contributed by atoms with Crippen LogP contribution in [0.4, 0.5) is 5.69 Å². The molecule has 0 saturated carbocycles. The monoisotopic (exact) mass is 264 g/mol. The van der Waals surface area contributed by atoms with Crippen LogP contribution in [-0.2, 0) is 0 Å². The Morgan fingerprint density at radius 1 is 1.21 bits per heavy atom. The van der Waals surface area contributed by atoms with Gasteiger partial charge in [-0.1, -0.05) is 32.4 Å². The lowest BCUT2D eigenvalue weighted by Crippen LogP contribution is -2.36. The van der Waals surface area contributed by atoms with E-state index in [4.69, 9.17) is 10.5 Å². The van der Waals surface area contributed by atoms with Crippen molar-refractivity contribution in [2.75, 3.05) is 25.4 Å². The fraction of sp³-hybridized carbons (Fsp3) is 0.625. The lowest BCUT2D eigenvalue weighted by atomic mass is 10.2. The third kappa shape index (κ3) is 5.52. The van der Waals surface area contributed by atoms with Gasteiger partial charge in [0.1, 0.15) is 12.4 Å². The number of ether oxygens (including phenoxy) is 1. The second kappa shape index (κ2) is 8.81. The van der Waals surface area contributed by atoms with Crippen LogP contribution in [0.25, 0.3) is 0 Å². The van der Waals surface area contributed by atoms with Gasteiger partial charge >= 0.3 is 0 Å². The van der Waals surface area contributed by atoms with Crippen LogP contribution >= 0.6 is 0 Å². The Morgan fingerprint density at radius 2 is 1.95 bits per heavy atom. The van der Waals surface area contributed by atoms with E-state index in [1.807, 2.05) is 24.3 Å². The number of para-hydroxylation sites is 2. The molecule has 2 N–H and O–H groups in total. The molecule has 0 aromatic heterocycles. The second-order valence-electron chi connectivity index (χ2n) is 5.03. The Balaban J connectivity index is 2.41. The molecule has 0 aliphatic rings. The number of unbranched alkanes of at least 4 members (excludes halogenated alkanes) is 1. The van der Waals surface area contributed by atoms with Gasteiger partial charge in [0.15, 0.2) is 0 Å². The van der Waals surface area contributed by atoms with Crippen LogP contribution in [0.3, 0.4) is 0 Å². The number of nitrogen functional groups attached to an aromatic ring is 1. The molecule has 0 spiro atoms. The zero-order valence-corrected chi connectivity index (χ0v) is 12.6. The second-order valence-corrected chi connectivity index (χ2v) is 5.03. The first kappa shape index (κ1) is 15.8. The summed E-state index contributed by atoms with van der Waals surface area (Å²) in [6.07, 6.45) is 3.66. The molecule has 0 bridgehead atoms. The topological polar surface area (TPSA) is 38.5 Å². The van der Waals surface area contributed by atoms with Crippen molar-refractivity contribution in [3.63, 3.8) is 0 Å². The summed E-state index contributed by atoms with van der Waals surface area (Å²) in [5.41, 5.74) is 6.58. The molecule has 0 aliphatic heterocycles. The van der Waals surface area contributed by atoms with Crippen LogP contribution in [0.1, 0.15) is 40.0 Å². The molecule has 1 aromatic carbocycles. The van der Waals surface area contributed by atoms with Crippen molar-refractivity contribution in [2.45, 2.75) is 46.1 Å². The molecule has 0 heterocycles. The van der Waals surface area contributed by atoms with Crippen molar-refractivity contribution in [3.05, 3.63) is 24.3 Å². The van der Waals surface area contributed by atoms with Crippen LogP contribution in [0.2, 0.25) is 0 Å². The Hall–Kier alpha value is -1.22. The molecular weight excluding hydrogens is 236 g/mol. The molecule has 3 nitrogen and oxygen atoms in total. The average Bonchev–Trinajstić information content (AvgIpc) is 2.43. The van der Waals surface area contributed by atoms with Gasteiger partial charge in [-0.25, -0.2) is 0 Å². The van der Waals surface area contributed by atoms with Crippen molar-refractivity contribution >= 4 is 5.69 Å². The quantitative estimate of drug-likeness (QED) is 0.693. The first-order chi connectivity index (χ1) is 9.19. The Morgan fingerprint density at radius 3 is 2.58 bits per heavy atom. The molecular formula is C16H28N2O. The van der Waals surface area contributed by atoms with E-state index in [2.05, 4.69) is 25.7 Å². The molecule has 19 heavy (non-hydrogen) atoms.